The van der Waals surface area contributed by atoms with E-state index >= 15 is 0 Å². The second-order valence-corrected chi connectivity index (χ2v) is 7.22. The fourth-order valence-corrected chi connectivity index (χ4v) is 4.52. The minimum absolute atomic E-state index is 0.0659. The summed E-state index contributed by atoms with van der Waals surface area (Å²) in [4.78, 5) is 11.4. The molecule has 3 rings (SSSR count). The van der Waals surface area contributed by atoms with Crippen molar-refractivity contribution in [2.75, 3.05) is 19.8 Å². The number of morpholine rings is 1. The number of hydrogen-bond donors (Lipinski definition) is 1. The summed E-state index contributed by atoms with van der Waals surface area (Å²) in [6.45, 7) is 0.170. The van der Waals surface area contributed by atoms with Crippen LogP contribution in [0.3, 0.4) is 0 Å². The van der Waals surface area contributed by atoms with E-state index in [2.05, 4.69) is 0 Å². The number of fused-ring (bicyclic) bond motifs is 1. The van der Waals surface area contributed by atoms with Crippen molar-refractivity contribution < 1.29 is 23.1 Å². The Morgan fingerprint density at radius 1 is 1.29 bits per heavy atom. The van der Waals surface area contributed by atoms with Gasteiger partial charge in [-0.1, -0.05) is 6.07 Å². The monoisotopic (exact) mass is 311 g/mol. The second-order valence-electron chi connectivity index (χ2n) is 5.33. The molecule has 1 aliphatic carbocycles. The smallest absolute Gasteiger partial charge is 0.324 e. The third kappa shape index (κ3) is 2.56. The third-order valence-electron chi connectivity index (χ3n) is 4.04. The second kappa shape index (κ2) is 5.40. The van der Waals surface area contributed by atoms with E-state index in [1.807, 2.05) is 6.07 Å². The molecule has 0 amide bonds. The average molecular weight is 311 g/mol. The minimum Gasteiger partial charge on any atom is -0.480 e. The highest BCUT2D eigenvalue weighted by Crippen LogP contribution is 2.27. The highest BCUT2D eigenvalue weighted by atomic mass is 32.2. The zero-order valence-electron chi connectivity index (χ0n) is 11.5. The summed E-state index contributed by atoms with van der Waals surface area (Å²) >= 11 is 0. The molecule has 7 heteroatoms. The van der Waals surface area contributed by atoms with Gasteiger partial charge in [0.15, 0.2) is 0 Å². The van der Waals surface area contributed by atoms with Crippen LogP contribution in [0.5, 0.6) is 0 Å². The van der Waals surface area contributed by atoms with E-state index in [-0.39, 0.29) is 24.7 Å². The minimum atomic E-state index is -3.81. The van der Waals surface area contributed by atoms with Crippen LogP contribution >= 0.6 is 0 Å². The first kappa shape index (κ1) is 14.5. The van der Waals surface area contributed by atoms with Gasteiger partial charge in [-0.25, -0.2) is 8.42 Å². The molecule has 1 N–H and O–H groups in total. The highest BCUT2D eigenvalue weighted by Gasteiger charge is 2.38. The Balaban J connectivity index is 1.97. The maximum Gasteiger partial charge on any atom is 0.324 e. The zero-order valence-corrected chi connectivity index (χ0v) is 12.3. The van der Waals surface area contributed by atoms with Gasteiger partial charge in [-0.15, -0.1) is 0 Å². The van der Waals surface area contributed by atoms with Crippen molar-refractivity contribution in [3.63, 3.8) is 0 Å². The Morgan fingerprint density at radius 2 is 2.05 bits per heavy atom. The molecular formula is C14H17NO5S. The molecule has 0 bridgehead atoms. The fourth-order valence-electron chi connectivity index (χ4n) is 2.91. The van der Waals surface area contributed by atoms with E-state index in [1.165, 1.54) is 5.56 Å². The fraction of sp³-hybridized carbons (Fsp3) is 0.500. The Bertz CT molecular complexity index is 670. The molecule has 0 spiro atoms. The van der Waals surface area contributed by atoms with Gasteiger partial charge in [0.1, 0.15) is 6.04 Å². The van der Waals surface area contributed by atoms with Crippen LogP contribution in [0.15, 0.2) is 23.1 Å². The van der Waals surface area contributed by atoms with Gasteiger partial charge in [-0.05, 0) is 42.5 Å². The van der Waals surface area contributed by atoms with E-state index in [1.54, 1.807) is 12.1 Å². The van der Waals surface area contributed by atoms with E-state index in [0.717, 1.165) is 29.1 Å². The summed E-state index contributed by atoms with van der Waals surface area (Å²) in [6.07, 6.45) is 2.89. The summed E-state index contributed by atoms with van der Waals surface area (Å²) in [6, 6.07) is 3.95. The topological polar surface area (TPSA) is 83.9 Å². The molecule has 1 fully saturated rings. The van der Waals surface area contributed by atoms with Crippen molar-refractivity contribution in [2.45, 2.75) is 30.2 Å². The Hall–Kier alpha value is -1.44. The number of rotatable bonds is 3. The van der Waals surface area contributed by atoms with E-state index in [4.69, 9.17) is 4.74 Å². The van der Waals surface area contributed by atoms with E-state index in [0.29, 0.717) is 0 Å². The summed E-state index contributed by atoms with van der Waals surface area (Å²) in [5.41, 5.74) is 2.24. The number of hydrogen-bond acceptors (Lipinski definition) is 4. The number of carboxylic acid groups (broad SMARTS) is 1. The first-order chi connectivity index (χ1) is 10.00. The maximum atomic E-state index is 12.7. The van der Waals surface area contributed by atoms with Crippen molar-refractivity contribution in [1.29, 1.82) is 0 Å². The molecule has 6 nitrogen and oxygen atoms in total. The van der Waals surface area contributed by atoms with Crippen molar-refractivity contribution in [1.82, 2.24) is 4.31 Å². The molecule has 0 aromatic heterocycles. The SMILES string of the molecule is O=C(O)C1COCCN1S(=O)(=O)c1ccc2c(c1)CCC2. The standard InChI is InChI=1S/C14H17NO5S/c16-14(17)13-9-20-7-6-15(13)21(18,19)12-5-4-10-2-1-3-11(10)8-12/h4-5,8,13H,1-3,6-7,9H2,(H,16,17). The van der Waals surface area contributed by atoms with Gasteiger partial charge in [0.2, 0.25) is 10.0 Å². The number of sulfonamides is 1. The molecule has 114 valence electrons. The van der Waals surface area contributed by atoms with Crippen LogP contribution in [0.2, 0.25) is 0 Å². The Morgan fingerprint density at radius 3 is 2.81 bits per heavy atom. The summed E-state index contributed by atoms with van der Waals surface area (Å²) < 4.78 is 31.5. The van der Waals surface area contributed by atoms with Crippen LogP contribution in [0.4, 0.5) is 0 Å². The number of carboxylic acids is 1. The number of aliphatic carboxylic acids is 1. The largest absolute Gasteiger partial charge is 0.480 e. The molecule has 1 saturated heterocycles. The van der Waals surface area contributed by atoms with Gasteiger partial charge in [-0.2, -0.15) is 4.31 Å². The zero-order chi connectivity index (χ0) is 15.0. The summed E-state index contributed by atoms with van der Waals surface area (Å²) in [5, 5.41) is 9.19. The predicted molar refractivity (Wildman–Crippen MR) is 74.6 cm³/mol. The van der Waals surface area contributed by atoms with Crippen LogP contribution in [0, 0.1) is 0 Å². The number of aryl methyl sites for hydroxylation is 2. The number of carbonyl (C=O) groups is 1. The van der Waals surface area contributed by atoms with Gasteiger partial charge < -0.3 is 9.84 Å². The molecular weight excluding hydrogens is 294 g/mol. The normalized spacial score (nSPS) is 23.0. The number of benzene rings is 1. The quantitative estimate of drug-likeness (QED) is 0.886. The lowest BCUT2D eigenvalue weighted by Crippen LogP contribution is -2.52. The molecule has 1 aliphatic heterocycles. The molecule has 1 heterocycles. The first-order valence-corrected chi connectivity index (χ1v) is 8.38. The third-order valence-corrected chi connectivity index (χ3v) is 5.95. The lowest BCUT2D eigenvalue weighted by molar-refractivity contribution is -0.146. The summed E-state index contributed by atoms with van der Waals surface area (Å²) in [5.74, 6) is -1.18. The van der Waals surface area contributed by atoms with Gasteiger partial charge in [0, 0.05) is 6.54 Å². The van der Waals surface area contributed by atoms with Gasteiger partial charge in [-0.3, -0.25) is 4.79 Å². The maximum absolute atomic E-state index is 12.7. The van der Waals surface area contributed by atoms with Gasteiger partial charge in [0.05, 0.1) is 18.1 Å². The van der Waals surface area contributed by atoms with Gasteiger partial charge >= 0.3 is 5.97 Å². The highest BCUT2D eigenvalue weighted by molar-refractivity contribution is 7.89. The Kier molecular flexibility index (Phi) is 3.73. The van der Waals surface area contributed by atoms with E-state index in [9.17, 15) is 18.3 Å². The van der Waals surface area contributed by atoms with Crippen LogP contribution in [0.1, 0.15) is 17.5 Å². The van der Waals surface area contributed by atoms with Crippen LogP contribution < -0.4 is 0 Å². The van der Waals surface area contributed by atoms with Crippen LogP contribution in [0.25, 0.3) is 0 Å². The molecule has 2 aliphatic rings. The molecule has 0 radical (unpaired) electrons. The molecule has 0 saturated carbocycles. The molecule has 1 unspecified atom stereocenters. The average Bonchev–Trinajstić information content (AvgIpc) is 2.94. The van der Waals surface area contributed by atoms with Crippen molar-refractivity contribution in [2.24, 2.45) is 0 Å². The lowest BCUT2D eigenvalue weighted by Gasteiger charge is -2.31. The first-order valence-electron chi connectivity index (χ1n) is 6.94. The number of nitrogens with zero attached hydrogens (tertiary/aromatic N) is 1. The van der Waals surface area contributed by atoms with Crippen LogP contribution in [-0.2, 0) is 32.4 Å². The molecule has 1 aromatic rings. The predicted octanol–water partition coefficient (Wildman–Crippen LogP) is 0.649. The van der Waals surface area contributed by atoms with Crippen molar-refractivity contribution in [3.05, 3.63) is 29.3 Å². The molecule has 1 atom stereocenters. The molecule has 1 aromatic carbocycles. The number of ether oxygens (including phenoxy) is 1. The van der Waals surface area contributed by atoms with Gasteiger partial charge in [0.25, 0.3) is 0 Å². The van der Waals surface area contributed by atoms with E-state index < -0.39 is 22.0 Å². The lowest BCUT2D eigenvalue weighted by atomic mass is 10.1. The van der Waals surface area contributed by atoms with Crippen LogP contribution in [-0.4, -0.2) is 49.6 Å². The van der Waals surface area contributed by atoms with Crippen molar-refractivity contribution in [3.8, 4) is 0 Å². The Labute approximate surface area is 123 Å². The van der Waals surface area contributed by atoms with Crippen molar-refractivity contribution >= 4 is 16.0 Å². The molecule has 21 heavy (non-hydrogen) atoms. The summed E-state index contributed by atoms with van der Waals surface area (Å²) in [7, 11) is -3.81.